The number of carbonyl (C=O) groups is 1. The molecule has 1 amide bonds. The van der Waals surface area contributed by atoms with E-state index in [-0.39, 0.29) is 11.9 Å². The fourth-order valence-corrected chi connectivity index (χ4v) is 4.20. The third-order valence-corrected chi connectivity index (χ3v) is 5.98. The molecule has 4 rings (SSSR count). The molecule has 3 aromatic rings. The number of amides is 1. The van der Waals surface area contributed by atoms with E-state index in [2.05, 4.69) is 51.5 Å². The lowest BCUT2D eigenvalue weighted by molar-refractivity contribution is -0.123. The number of carbonyl (C=O) groups excluding carboxylic acids is 1. The molecular weight excluding hydrogens is 398 g/mol. The maximum absolute atomic E-state index is 12.9. The SMILES string of the molecule is COc1cccc(N2CCN(CC(=O)N[C@H](Cc3ccccc3)c3ccccc3)CC2)c1. The number of anilines is 1. The highest BCUT2D eigenvalue weighted by Gasteiger charge is 2.21. The highest BCUT2D eigenvalue weighted by atomic mass is 16.5. The van der Waals surface area contributed by atoms with E-state index >= 15 is 0 Å². The van der Waals surface area contributed by atoms with Gasteiger partial charge >= 0.3 is 0 Å². The van der Waals surface area contributed by atoms with Crippen LogP contribution in [-0.4, -0.2) is 50.6 Å². The second-order valence-corrected chi connectivity index (χ2v) is 8.19. The van der Waals surface area contributed by atoms with Crippen LogP contribution in [-0.2, 0) is 11.2 Å². The second kappa shape index (κ2) is 10.8. The molecule has 1 N–H and O–H groups in total. The zero-order chi connectivity index (χ0) is 22.2. The van der Waals surface area contributed by atoms with Crippen LogP contribution in [0.15, 0.2) is 84.9 Å². The average molecular weight is 430 g/mol. The van der Waals surface area contributed by atoms with Crippen molar-refractivity contribution < 1.29 is 9.53 Å². The van der Waals surface area contributed by atoms with Crippen LogP contribution in [0, 0.1) is 0 Å². The van der Waals surface area contributed by atoms with Gasteiger partial charge in [-0.3, -0.25) is 9.69 Å². The van der Waals surface area contributed by atoms with Crippen LogP contribution in [0.3, 0.4) is 0 Å². The van der Waals surface area contributed by atoms with Gasteiger partial charge in [0.15, 0.2) is 0 Å². The van der Waals surface area contributed by atoms with Crippen LogP contribution < -0.4 is 15.0 Å². The summed E-state index contributed by atoms with van der Waals surface area (Å²) in [6, 6.07) is 28.7. The molecule has 0 radical (unpaired) electrons. The maximum Gasteiger partial charge on any atom is 0.234 e. The summed E-state index contributed by atoms with van der Waals surface area (Å²) in [4.78, 5) is 17.5. The van der Waals surface area contributed by atoms with Crippen molar-refractivity contribution in [3.63, 3.8) is 0 Å². The third-order valence-electron chi connectivity index (χ3n) is 5.98. The lowest BCUT2D eigenvalue weighted by atomic mass is 9.99. The van der Waals surface area contributed by atoms with Crippen LogP contribution in [0.25, 0.3) is 0 Å². The van der Waals surface area contributed by atoms with Crippen molar-refractivity contribution in [2.45, 2.75) is 12.5 Å². The summed E-state index contributed by atoms with van der Waals surface area (Å²) >= 11 is 0. The summed E-state index contributed by atoms with van der Waals surface area (Å²) in [7, 11) is 1.69. The Hall–Kier alpha value is -3.31. The van der Waals surface area contributed by atoms with Gasteiger partial charge in [-0.25, -0.2) is 0 Å². The highest BCUT2D eigenvalue weighted by Crippen LogP contribution is 2.22. The lowest BCUT2D eigenvalue weighted by Gasteiger charge is -2.36. The molecule has 0 aromatic heterocycles. The smallest absolute Gasteiger partial charge is 0.234 e. The van der Waals surface area contributed by atoms with Gasteiger partial charge in [-0.05, 0) is 29.7 Å². The molecule has 5 heteroatoms. The first-order chi connectivity index (χ1) is 15.7. The molecule has 0 aliphatic carbocycles. The fraction of sp³-hybridized carbons (Fsp3) is 0.296. The van der Waals surface area contributed by atoms with Crippen molar-refractivity contribution >= 4 is 11.6 Å². The lowest BCUT2D eigenvalue weighted by Crippen LogP contribution is -2.50. The Balaban J connectivity index is 1.33. The molecule has 32 heavy (non-hydrogen) atoms. The van der Waals surface area contributed by atoms with E-state index in [1.807, 2.05) is 48.5 Å². The highest BCUT2D eigenvalue weighted by molar-refractivity contribution is 5.78. The summed E-state index contributed by atoms with van der Waals surface area (Å²) < 4.78 is 5.35. The largest absolute Gasteiger partial charge is 0.497 e. The van der Waals surface area contributed by atoms with Crippen LogP contribution in [0.4, 0.5) is 5.69 Å². The molecule has 0 saturated carbocycles. The molecule has 5 nitrogen and oxygen atoms in total. The van der Waals surface area contributed by atoms with Gasteiger partial charge in [0.05, 0.1) is 19.7 Å². The van der Waals surface area contributed by atoms with Crippen molar-refractivity contribution in [1.29, 1.82) is 0 Å². The number of nitrogens with one attached hydrogen (secondary N) is 1. The van der Waals surface area contributed by atoms with E-state index in [0.717, 1.165) is 43.9 Å². The second-order valence-electron chi connectivity index (χ2n) is 8.19. The minimum atomic E-state index is -0.0378. The van der Waals surface area contributed by atoms with Gasteiger partial charge in [-0.15, -0.1) is 0 Å². The standard InChI is InChI=1S/C27H31N3O2/c1-32-25-14-8-13-24(20-25)30-17-15-29(16-18-30)21-27(31)28-26(23-11-6-3-7-12-23)19-22-9-4-2-5-10-22/h2-14,20,26H,15-19,21H2,1H3,(H,28,31)/t26-/m1/s1. The summed E-state index contributed by atoms with van der Waals surface area (Å²) in [5.41, 5.74) is 3.52. The summed E-state index contributed by atoms with van der Waals surface area (Å²) in [5, 5.41) is 3.28. The monoisotopic (exact) mass is 429 g/mol. The Labute approximate surface area is 190 Å². The number of nitrogens with zero attached hydrogens (tertiary/aromatic N) is 2. The first-order valence-corrected chi connectivity index (χ1v) is 11.2. The third kappa shape index (κ3) is 5.89. The van der Waals surface area contributed by atoms with Crippen LogP contribution in [0.1, 0.15) is 17.2 Å². The van der Waals surface area contributed by atoms with Crippen molar-refractivity contribution in [2.24, 2.45) is 0 Å². The number of hydrogen-bond acceptors (Lipinski definition) is 4. The number of piperazine rings is 1. The van der Waals surface area contributed by atoms with Crippen LogP contribution in [0.5, 0.6) is 5.75 Å². The molecular formula is C27H31N3O2. The van der Waals surface area contributed by atoms with Gasteiger partial charge in [-0.1, -0.05) is 66.7 Å². The van der Waals surface area contributed by atoms with Crippen molar-refractivity contribution in [1.82, 2.24) is 10.2 Å². The molecule has 3 aromatic carbocycles. The van der Waals surface area contributed by atoms with E-state index in [9.17, 15) is 4.79 Å². The maximum atomic E-state index is 12.9. The van der Waals surface area contributed by atoms with Gasteiger partial charge in [0.1, 0.15) is 5.75 Å². The van der Waals surface area contributed by atoms with Gasteiger partial charge in [-0.2, -0.15) is 0 Å². The fourth-order valence-electron chi connectivity index (χ4n) is 4.20. The Morgan fingerprint density at radius 1 is 0.906 bits per heavy atom. The number of benzene rings is 3. The molecule has 1 aliphatic rings. The topological polar surface area (TPSA) is 44.8 Å². The number of rotatable bonds is 8. The molecule has 166 valence electrons. The molecule has 0 unspecified atom stereocenters. The van der Waals surface area contributed by atoms with Crippen molar-refractivity contribution in [3.05, 3.63) is 96.1 Å². The van der Waals surface area contributed by atoms with Crippen molar-refractivity contribution in [2.75, 3.05) is 44.7 Å². The Morgan fingerprint density at radius 3 is 2.28 bits per heavy atom. The van der Waals surface area contributed by atoms with Crippen molar-refractivity contribution in [3.8, 4) is 5.75 Å². The number of methoxy groups -OCH3 is 1. The van der Waals surface area contributed by atoms with E-state index in [4.69, 9.17) is 4.74 Å². The van der Waals surface area contributed by atoms with E-state index in [1.54, 1.807) is 7.11 Å². The Bertz CT molecular complexity index is 986. The Morgan fingerprint density at radius 2 is 1.59 bits per heavy atom. The molecule has 1 heterocycles. The van der Waals surface area contributed by atoms with Gasteiger partial charge < -0.3 is 15.0 Å². The first kappa shape index (κ1) is 21.9. The zero-order valence-corrected chi connectivity index (χ0v) is 18.6. The Kier molecular flexibility index (Phi) is 7.41. The van der Waals surface area contributed by atoms with Gasteiger partial charge in [0.25, 0.3) is 0 Å². The minimum absolute atomic E-state index is 0.0378. The number of ether oxygens (including phenoxy) is 1. The molecule has 1 aliphatic heterocycles. The van der Waals surface area contributed by atoms with E-state index in [0.29, 0.717) is 6.54 Å². The number of hydrogen-bond donors (Lipinski definition) is 1. The predicted molar refractivity (Wildman–Crippen MR) is 129 cm³/mol. The van der Waals surface area contributed by atoms with Crippen LogP contribution >= 0.6 is 0 Å². The average Bonchev–Trinajstić information content (AvgIpc) is 2.85. The first-order valence-electron chi connectivity index (χ1n) is 11.2. The molecule has 1 fully saturated rings. The molecule has 1 atom stereocenters. The normalized spacial score (nSPS) is 15.2. The predicted octanol–water partition coefficient (Wildman–Crippen LogP) is 3.92. The van der Waals surface area contributed by atoms with Crippen LogP contribution in [0.2, 0.25) is 0 Å². The summed E-state index contributed by atoms with van der Waals surface area (Å²) in [5.74, 6) is 0.944. The quantitative estimate of drug-likeness (QED) is 0.590. The molecule has 0 bridgehead atoms. The summed E-state index contributed by atoms with van der Waals surface area (Å²) in [6.45, 7) is 3.93. The minimum Gasteiger partial charge on any atom is -0.497 e. The molecule has 0 spiro atoms. The molecule has 1 saturated heterocycles. The summed E-state index contributed by atoms with van der Waals surface area (Å²) in [6.07, 6.45) is 0.778. The van der Waals surface area contributed by atoms with E-state index < -0.39 is 0 Å². The van der Waals surface area contributed by atoms with E-state index in [1.165, 1.54) is 11.3 Å². The van der Waals surface area contributed by atoms with Gasteiger partial charge in [0.2, 0.25) is 5.91 Å². The zero-order valence-electron chi connectivity index (χ0n) is 18.6. The van der Waals surface area contributed by atoms with Gasteiger partial charge in [0, 0.05) is 37.9 Å².